The maximum Gasteiger partial charge on any atom is 0.164 e. The highest BCUT2D eigenvalue weighted by Crippen LogP contribution is 2.32. The van der Waals surface area contributed by atoms with Crippen molar-refractivity contribution in [3.05, 3.63) is 28.7 Å². The Bertz CT molecular complexity index is 538. The molecular weight excluding hydrogens is 270 g/mol. The van der Waals surface area contributed by atoms with E-state index in [2.05, 4.69) is 10.1 Å². The lowest BCUT2D eigenvalue weighted by Crippen LogP contribution is -2.33. The van der Waals surface area contributed by atoms with Gasteiger partial charge in [0.25, 0.3) is 0 Å². The fourth-order valence-electron chi connectivity index (χ4n) is 2.99. The molecule has 20 heavy (non-hydrogen) atoms. The van der Waals surface area contributed by atoms with Crippen LogP contribution in [0.5, 0.6) is 0 Å². The van der Waals surface area contributed by atoms with Gasteiger partial charge < -0.3 is 4.90 Å². The molecule has 0 amide bonds. The Labute approximate surface area is 123 Å². The maximum absolute atomic E-state index is 10.5. The summed E-state index contributed by atoms with van der Waals surface area (Å²) >= 11 is 1.84. The van der Waals surface area contributed by atoms with E-state index in [0.29, 0.717) is 11.7 Å². The lowest BCUT2D eigenvalue weighted by atomic mass is 10.2. The van der Waals surface area contributed by atoms with Gasteiger partial charge in [0.1, 0.15) is 5.69 Å². The lowest BCUT2D eigenvalue weighted by Gasteiger charge is -2.25. The smallest absolute Gasteiger partial charge is 0.164 e. The van der Waals surface area contributed by atoms with Crippen LogP contribution in [0, 0.1) is 11.8 Å². The van der Waals surface area contributed by atoms with E-state index < -0.39 is 0 Å². The Kier molecular flexibility index (Phi) is 4.05. The van der Waals surface area contributed by atoms with Crippen LogP contribution in [0.25, 0.3) is 0 Å². The SMILES string of the molecule is Cc1cc(N=O)ccc1N=C1SCCN1C1CCCC1. The van der Waals surface area contributed by atoms with E-state index >= 15 is 0 Å². The van der Waals surface area contributed by atoms with Crippen LogP contribution in [0.2, 0.25) is 0 Å². The summed E-state index contributed by atoms with van der Waals surface area (Å²) in [5, 5.41) is 4.11. The summed E-state index contributed by atoms with van der Waals surface area (Å²) in [7, 11) is 0. The minimum Gasteiger partial charge on any atom is -0.347 e. The fraction of sp³-hybridized carbons (Fsp3) is 0.533. The van der Waals surface area contributed by atoms with E-state index in [1.807, 2.05) is 24.8 Å². The molecule has 1 saturated carbocycles. The third-order valence-electron chi connectivity index (χ3n) is 4.08. The van der Waals surface area contributed by atoms with Crippen LogP contribution in [0.1, 0.15) is 31.2 Å². The zero-order chi connectivity index (χ0) is 13.9. The van der Waals surface area contributed by atoms with Gasteiger partial charge in [0, 0.05) is 18.3 Å². The number of thioether (sulfide) groups is 1. The van der Waals surface area contributed by atoms with Crippen molar-refractivity contribution < 1.29 is 0 Å². The molecule has 0 N–H and O–H groups in total. The Morgan fingerprint density at radius 3 is 2.80 bits per heavy atom. The second kappa shape index (κ2) is 5.95. The number of nitrogens with zero attached hydrogens (tertiary/aromatic N) is 3. The van der Waals surface area contributed by atoms with Crippen LogP contribution in [0.15, 0.2) is 28.4 Å². The van der Waals surface area contributed by atoms with Crippen LogP contribution in [-0.2, 0) is 0 Å². The Morgan fingerprint density at radius 1 is 1.30 bits per heavy atom. The summed E-state index contributed by atoms with van der Waals surface area (Å²) in [4.78, 5) is 17.8. The summed E-state index contributed by atoms with van der Waals surface area (Å²) in [5.74, 6) is 1.13. The first-order valence-electron chi connectivity index (χ1n) is 7.20. The van der Waals surface area contributed by atoms with Crippen molar-refractivity contribution in [3.63, 3.8) is 0 Å². The first kappa shape index (κ1) is 13.6. The van der Waals surface area contributed by atoms with Gasteiger partial charge in [-0.15, -0.1) is 4.91 Å². The van der Waals surface area contributed by atoms with E-state index in [-0.39, 0.29) is 0 Å². The Morgan fingerprint density at radius 2 is 2.10 bits per heavy atom. The molecule has 1 aliphatic carbocycles. The quantitative estimate of drug-likeness (QED) is 0.776. The number of benzene rings is 1. The molecule has 0 bridgehead atoms. The molecule has 0 radical (unpaired) electrons. The molecule has 0 atom stereocenters. The van der Waals surface area contributed by atoms with Crippen molar-refractivity contribution >= 4 is 28.3 Å². The number of amidine groups is 1. The molecule has 2 fully saturated rings. The Hall–Kier alpha value is -1.36. The molecule has 1 aromatic rings. The van der Waals surface area contributed by atoms with Crippen molar-refractivity contribution in [1.82, 2.24) is 4.90 Å². The number of hydrogen-bond acceptors (Lipinski definition) is 4. The standard InChI is InChI=1S/C15H19N3OS/c1-11-10-12(17-19)6-7-14(11)16-15-18(8-9-20-15)13-4-2-3-5-13/h6-7,10,13H,2-5,8-9H2,1H3. The largest absolute Gasteiger partial charge is 0.347 e. The predicted octanol–water partition coefficient (Wildman–Crippen LogP) is 4.37. The van der Waals surface area contributed by atoms with E-state index in [4.69, 9.17) is 4.99 Å². The second-order valence-electron chi connectivity index (χ2n) is 5.44. The van der Waals surface area contributed by atoms with Gasteiger partial charge in [-0.25, -0.2) is 4.99 Å². The summed E-state index contributed by atoms with van der Waals surface area (Å²) in [6.07, 6.45) is 5.29. The molecule has 2 aliphatic rings. The number of rotatable bonds is 3. The summed E-state index contributed by atoms with van der Waals surface area (Å²) < 4.78 is 0. The summed E-state index contributed by atoms with van der Waals surface area (Å²) in [6, 6.07) is 6.11. The van der Waals surface area contributed by atoms with Gasteiger partial charge in [0.05, 0.1) is 5.69 Å². The highest BCUT2D eigenvalue weighted by atomic mass is 32.2. The van der Waals surface area contributed by atoms with Crippen molar-refractivity contribution in [1.29, 1.82) is 0 Å². The molecule has 1 aromatic carbocycles. The highest BCUT2D eigenvalue weighted by molar-refractivity contribution is 8.14. The van der Waals surface area contributed by atoms with Crippen molar-refractivity contribution in [2.24, 2.45) is 10.2 Å². The minimum atomic E-state index is 0.471. The minimum absolute atomic E-state index is 0.471. The lowest BCUT2D eigenvalue weighted by molar-refractivity contribution is 0.344. The molecule has 1 saturated heterocycles. The zero-order valence-corrected chi connectivity index (χ0v) is 12.5. The van der Waals surface area contributed by atoms with Gasteiger partial charge in [0.15, 0.2) is 5.17 Å². The first-order valence-corrected chi connectivity index (χ1v) is 8.18. The average Bonchev–Trinajstić information content (AvgIpc) is 3.11. The zero-order valence-electron chi connectivity index (χ0n) is 11.7. The highest BCUT2D eigenvalue weighted by Gasteiger charge is 2.29. The predicted molar refractivity (Wildman–Crippen MR) is 85.1 cm³/mol. The van der Waals surface area contributed by atoms with Crippen LogP contribution in [0.4, 0.5) is 11.4 Å². The number of aliphatic imine (C=N–C) groups is 1. The van der Waals surface area contributed by atoms with E-state index in [0.717, 1.165) is 28.7 Å². The molecule has 4 nitrogen and oxygen atoms in total. The van der Waals surface area contributed by atoms with Gasteiger partial charge in [-0.1, -0.05) is 24.6 Å². The monoisotopic (exact) mass is 289 g/mol. The van der Waals surface area contributed by atoms with Crippen LogP contribution in [0.3, 0.4) is 0 Å². The molecule has 106 valence electrons. The summed E-state index contributed by atoms with van der Waals surface area (Å²) in [6.45, 7) is 3.09. The van der Waals surface area contributed by atoms with Crippen LogP contribution >= 0.6 is 11.8 Å². The molecule has 5 heteroatoms. The van der Waals surface area contributed by atoms with Crippen LogP contribution < -0.4 is 0 Å². The van der Waals surface area contributed by atoms with Crippen LogP contribution in [-0.4, -0.2) is 28.4 Å². The van der Waals surface area contributed by atoms with Crippen molar-refractivity contribution in [2.75, 3.05) is 12.3 Å². The number of aryl methyl sites for hydroxylation is 1. The van der Waals surface area contributed by atoms with Crippen molar-refractivity contribution in [2.45, 2.75) is 38.6 Å². The fourth-order valence-corrected chi connectivity index (χ4v) is 4.03. The normalized spacial score (nSPS) is 21.9. The first-order chi connectivity index (χ1) is 9.78. The number of hydrogen-bond donors (Lipinski definition) is 0. The Balaban J connectivity index is 1.84. The molecule has 3 rings (SSSR count). The molecule has 1 aliphatic heterocycles. The van der Waals surface area contributed by atoms with Gasteiger partial charge >= 0.3 is 0 Å². The molecule has 1 heterocycles. The van der Waals surface area contributed by atoms with E-state index in [1.54, 1.807) is 12.1 Å². The second-order valence-corrected chi connectivity index (χ2v) is 6.50. The third-order valence-corrected chi connectivity index (χ3v) is 5.05. The van der Waals surface area contributed by atoms with E-state index in [9.17, 15) is 4.91 Å². The topological polar surface area (TPSA) is 45.0 Å². The van der Waals surface area contributed by atoms with Gasteiger partial charge in [-0.05, 0) is 48.7 Å². The molecule has 0 spiro atoms. The third kappa shape index (κ3) is 2.73. The van der Waals surface area contributed by atoms with Crippen molar-refractivity contribution in [3.8, 4) is 0 Å². The van der Waals surface area contributed by atoms with Gasteiger partial charge in [-0.3, -0.25) is 0 Å². The van der Waals surface area contributed by atoms with Gasteiger partial charge in [0.2, 0.25) is 0 Å². The average molecular weight is 289 g/mol. The maximum atomic E-state index is 10.5. The number of nitroso groups, excluding NO2 is 1. The molecular formula is C15H19N3OS. The van der Waals surface area contributed by atoms with E-state index in [1.165, 1.54) is 25.7 Å². The molecule has 0 unspecified atom stereocenters. The summed E-state index contributed by atoms with van der Waals surface area (Å²) in [5.41, 5.74) is 2.43. The van der Waals surface area contributed by atoms with Gasteiger partial charge in [-0.2, -0.15) is 0 Å². The molecule has 0 aromatic heterocycles.